The van der Waals surface area contributed by atoms with Crippen LogP contribution in [0.1, 0.15) is 12.0 Å². The monoisotopic (exact) mass is 479 g/mol. The van der Waals surface area contributed by atoms with Gasteiger partial charge in [-0.15, -0.1) is 0 Å². The first-order valence-electron chi connectivity index (χ1n) is 10.3. The summed E-state index contributed by atoms with van der Waals surface area (Å²) in [7, 11) is 1.58. The molecule has 1 atom stereocenters. The maximum absolute atomic E-state index is 13.1. The third kappa shape index (κ3) is 5.94. The SMILES string of the molecule is COc1ccc(NC(=O)C2CC(=O)N(Cc3ccccc3)C(=Nc3ccc(Cl)cc3)S2)cc1. The lowest BCUT2D eigenvalue weighted by molar-refractivity contribution is -0.129. The van der Waals surface area contributed by atoms with Crippen LogP contribution in [0.5, 0.6) is 5.75 Å². The highest BCUT2D eigenvalue weighted by molar-refractivity contribution is 8.15. The van der Waals surface area contributed by atoms with Crippen molar-refractivity contribution in [3.05, 3.63) is 89.4 Å². The molecular weight excluding hydrogens is 458 g/mol. The Labute approximate surface area is 201 Å². The predicted molar refractivity (Wildman–Crippen MR) is 133 cm³/mol. The Balaban J connectivity index is 1.57. The fourth-order valence-electron chi connectivity index (χ4n) is 3.29. The van der Waals surface area contributed by atoms with Gasteiger partial charge in [0.15, 0.2) is 5.17 Å². The maximum Gasteiger partial charge on any atom is 0.238 e. The molecular formula is C25H22ClN3O3S. The number of hydrogen-bond donors (Lipinski definition) is 1. The molecule has 0 radical (unpaired) electrons. The number of methoxy groups -OCH3 is 1. The van der Waals surface area contributed by atoms with Crippen LogP contribution in [0.3, 0.4) is 0 Å². The molecule has 1 fully saturated rings. The molecule has 1 saturated heterocycles. The van der Waals surface area contributed by atoms with Crippen LogP contribution in [0.4, 0.5) is 11.4 Å². The second-order valence-electron chi connectivity index (χ2n) is 7.36. The molecule has 3 aromatic carbocycles. The quantitative estimate of drug-likeness (QED) is 0.506. The van der Waals surface area contributed by atoms with Crippen molar-refractivity contribution in [2.75, 3.05) is 12.4 Å². The van der Waals surface area contributed by atoms with Crippen molar-refractivity contribution in [1.29, 1.82) is 0 Å². The number of halogens is 1. The molecule has 1 aliphatic rings. The van der Waals surface area contributed by atoms with E-state index in [9.17, 15) is 9.59 Å². The second-order valence-corrected chi connectivity index (χ2v) is 8.97. The highest BCUT2D eigenvalue weighted by Gasteiger charge is 2.36. The number of rotatable bonds is 6. The summed E-state index contributed by atoms with van der Waals surface area (Å²) in [6.45, 7) is 0.381. The van der Waals surface area contributed by atoms with Crippen molar-refractivity contribution in [2.45, 2.75) is 18.2 Å². The molecule has 0 saturated carbocycles. The predicted octanol–water partition coefficient (Wildman–Crippen LogP) is 5.51. The van der Waals surface area contributed by atoms with Gasteiger partial charge in [0.25, 0.3) is 0 Å². The molecule has 2 amide bonds. The zero-order valence-electron chi connectivity index (χ0n) is 17.9. The van der Waals surface area contributed by atoms with E-state index in [4.69, 9.17) is 16.3 Å². The lowest BCUT2D eigenvalue weighted by atomic mass is 10.2. The summed E-state index contributed by atoms with van der Waals surface area (Å²) in [5.74, 6) is 0.297. The molecule has 1 heterocycles. The van der Waals surface area contributed by atoms with Crippen LogP contribution in [0.15, 0.2) is 83.9 Å². The number of anilines is 1. The number of amidine groups is 1. The van der Waals surface area contributed by atoms with Crippen molar-refractivity contribution in [3.63, 3.8) is 0 Å². The standard InChI is InChI=1S/C25H22ClN3O3S/c1-32-21-13-11-19(12-14-21)27-24(31)22-15-23(30)29(16-17-5-3-2-4-6-17)25(33-22)28-20-9-7-18(26)8-10-20/h2-14,22H,15-16H2,1H3,(H,27,31). The average molecular weight is 480 g/mol. The number of ether oxygens (including phenoxy) is 1. The number of aliphatic imine (C=N–C) groups is 1. The lowest BCUT2D eigenvalue weighted by Crippen LogP contribution is -2.44. The summed E-state index contributed by atoms with van der Waals surface area (Å²) < 4.78 is 5.15. The number of amides is 2. The van der Waals surface area contributed by atoms with Gasteiger partial charge in [-0.25, -0.2) is 4.99 Å². The normalized spacial score (nSPS) is 17.2. The van der Waals surface area contributed by atoms with E-state index >= 15 is 0 Å². The first-order chi connectivity index (χ1) is 16.0. The summed E-state index contributed by atoms with van der Waals surface area (Å²) in [5.41, 5.74) is 2.28. The molecule has 0 bridgehead atoms. The van der Waals surface area contributed by atoms with E-state index in [0.717, 1.165) is 5.56 Å². The Morgan fingerprint density at radius 2 is 1.79 bits per heavy atom. The van der Waals surface area contributed by atoms with Crippen molar-refractivity contribution in [1.82, 2.24) is 4.90 Å². The molecule has 3 aromatic rings. The smallest absolute Gasteiger partial charge is 0.238 e. The van der Waals surface area contributed by atoms with E-state index in [1.165, 1.54) is 11.8 Å². The van der Waals surface area contributed by atoms with Gasteiger partial charge in [0.05, 0.1) is 19.3 Å². The van der Waals surface area contributed by atoms with E-state index in [2.05, 4.69) is 10.3 Å². The third-order valence-electron chi connectivity index (χ3n) is 5.02. The fraction of sp³-hybridized carbons (Fsp3) is 0.160. The molecule has 1 N–H and O–H groups in total. The van der Waals surface area contributed by atoms with Crippen LogP contribution < -0.4 is 10.1 Å². The molecule has 6 nitrogen and oxygen atoms in total. The topological polar surface area (TPSA) is 71.0 Å². The third-order valence-corrected chi connectivity index (χ3v) is 6.46. The molecule has 0 spiro atoms. The molecule has 1 unspecified atom stereocenters. The molecule has 0 aliphatic carbocycles. The van der Waals surface area contributed by atoms with Crippen LogP contribution in [0.25, 0.3) is 0 Å². The lowest BCUT2D eigenvalue weighted by Gasteiger charge is -2.32. The van der Waals surface area contributed by atoms with Gasteiger partial charge >= 0.3 is 0 Å². The minimum absolute atomic E-state index is 0.0825. The van der Waals surface area contributed by atoms with Crippen LogP contribution in [-0.2, 0) is 16.1 Å². The first kappa shape index (κ1) is 22.9. The van der Waals surface area contributed by atoms with E-state index < -0.39 is 5.25 Å². The summed E-state index contributed by atoms with van der Waals surface area (Å²) in [6.07, 6.45) is 0.0825. The van der Waals surface area contributed by atoms with Crippen LogP contribution in [0.2, 0.25) is 5.02 Å². The van der Waals surface area contributed by atoms with Crippen molar-refractivity contribution in [2.24, 2.45) is 4.99 Å². The summed E-state index contributed by atoms with van der Waals surface area (Å²) >= 11 is 7.28. The Bertz CT molecular complexity index is 1150. The average Bonchev–Trinajstić information content (AvgIpc) is 2.83. The van der Waals surface area contributed by atoms with Gasteiger partial charge in [0.2, 0.25) is 11.8 Å². The number of benzene rings is 3. The summed E-state index contributed by atoms with van der Waals surface area (Å²) in [4.78, 5) is 32.4. The number of nitrogens with one attached hydrogen (secondary N) is 1. The summed E-state index contributed by atoms with van der Waals surface area (Å²) in [6, 6.07) is 23.8. The number of thioether (sulfide) groups is 1. The molecule has 1 aliphatic heterocycles. The zero-order chi connectivity index (χ0) is 23.2. The molecule has 0 aromatic heterocycles. The Kier molecular flexibility index (Phi) is 7.32. The Morgan fingerprint density at radius 1 is 1.09 bits per heavy atom. The van der Waals surface area contributed by atoms with Gasteiger partial charge in [-0.3, -0.25) is 14.5 Å². The van der Waals surface area contributed by atoms with Gasteiger partial charge < -0.3 is 10.1 Å². The van der Waals surface area contributed by atoms with Crippen molar-refractivity contribution >= 4 is 51.7 Å². The highest BCUT2D eigenvalue weighted by atomic mass is 35.5. The largest absolute Gasteiger partial charge is 0.497 e. The minimum Gasteiger partial charge on any atom is -0.497 e. The second kappa shape index (κ2) is 10.6. The van der Waals surface area contributed by atoms with E-state index in [1.807, 2.05) is 30.3 Å². The number of nitrogens with zero attached hydrogens (tertiary/aromatic N) is 2. The van der Waals surface area contributed by atoms with Gasteiger partial charge in [0, 0.05) is 17.1 Å². The van der Waals surface area contributed by atoms with Gasteiger partial charge in [-0.05, 0) is 54.1 Å². The van der Waals surface area contributed by atoms with Crippen molar-refractivity contribution in [3.8, 4) is 5.75 Å². The van der Waals surface area contributed by atoms with E-state index in [0.29, 0.717) is 33.9 Å². The molecule has 33 heavy (non-hydrogen) atoms. The highest BCUT2D eigenvalue weighted by Crippen LogP contribution is 2.31. The molecule has 8 heteroatoms. The van der Waals surface area contributed by atoms with Crippen LogP contribution in [-0.4, -0.2) is 34.2 Å². The van der Waals surface area contributed by atoms with Gasteiger partial charge in [-0.1, -0.05) is 53.7 Å². The number of carbonyl (C=O) groups is 2. The first-order valence-corrected chi connectivity index (χ1v) is 11.6. The summed E-state index contributed by atoms with van der Waals surface area (Å²) in [5, 5.41) is 3.36. The zero-order valence-corrected chi connectivity index (χ0v) is 19.5. The number of carbonyl (C=O) groups excluding carboxylic acids is 2. The van der Waals surface area contributed by atoms with E-state index in [1.54, 1.807) is 60.5 Å². The maximum atomic E-state index is 13.1. The van der Waals surface area contributed by atoms with Crippen LogP contribution >= 0.6 is 23.4 Å². The fourth-order valence-corrected chi connectivity index (χ4v) is 4.51. The molecule has 168 valence electrons. The molecule has 4 rings (SSSR count). The van der Waals surface area contributed by atoms with Crippen molar-refractivity contribution < 1.29 is 14.3 Å². The Hall–Kier alpha value is -3.29. The van der Waals surface area contributed by atoms with E-state index in [-0.39, 0.29) is 18.2 Å². The Morgan fingerprint density at radius 3 is 2.45 bits per heavy atom. The minimum atomic E-state index is -0.599. The van der Waals surface area contributed by atoms with Crippen LogP contribution in [0, 0.1) is 0 Å². The van der Waals surface area contributed by atoms with Gasteiger partial charge in [-0.2, -0.15) is 0 Å². The number of hydrogen-bond acceptors (Lipinski definition) is 5. The van der Waals surface area contributed by atoms with Gasteiger partial charge in [0.1, 0.15) is 11.0 Å².